The van der Waals surface area contributed by atoms with Gasteiger partial charge in [-0.25, -0.2) is 0 Å². The molecule has 1 spiro atoms. The highest BCUT2D eigenvalue weighted by Gasteiger charge is 2.71. The third-order valence-corrected chi connectivity index (χ3v) is 3.42. The van der Waals surface area contributed by atoms with E-state index in [0.29, 0.717) is 18.8 Å². The van der Waals surface area contributed by atoms with Crippen LogP contribution >= 0.6 is 0 Å². The second-order valence-electron chi connectivity index (χ2n) is 4.33. The van der Waals surface area contributed by atoms with Gasteiger partial charge in [-0.2, -0.15) is 0 Å². The molecule has 1 N–H and O–H groups in total. The van der Waals surface area contributed by atoms with Gasteiger partial charge in [-0.15, -0.1) is 0 Å². The standard InChI is InChI=1S/C11H18O5/c1-7(2)11(12)9(14-4)8(13-3)5-15-10(11)6-16-10/h8-9,12H,1,5-6H2,2-4H3/t8-,9-,10+,11-/m1/s1. The zero-order valence-electron chi connectivity index (χ0n) is 9.86. The minimum absolute atomic E-state index is 0.332. The van der Waals surface area contributed by atoms with Crippen molar-refractivity contribution in [3.05, 3.63) is 12.2 Å². The molecule has 5 heteroatoms. The second kappa shape index (κ2) is 3.78. The molecule has 0 unspecified atom stereocenters. The SMILES string of the molecule is C=C(C)[C@@]1(O)[C@H](OC)[C@H](OC)CO[C@]12CO2. The van der Waals surface area contributed by atoms with Crippen molar-refractivity contribution in [3.8, 4) is 0 Å². The van der Waals surface area contributed by atoms with Crippen LogP contribution in [0.25, 0.3) is 0 Å². The Morgan fingerprint density at radius 3 is 2.38 bits per heavy atom. The van der Waals surface area contributed by atoms with Crippen molar-refractivity contribution in [2.45, 2.75) is 30.5 Å². The van der Waals surface area contributed by atoms with E-state index < -0.39 is 17.5 Å². The Kier molecular flexibility index (Phi) is 2.84. The summed E-state index contributed by atoms with van der Waals surface area (Å²) in [5.41, 5.74) is -0.806. The van der Waals surface area contributed by atoms with Crippen LogP contribution in [0, 0.1) is 0 Å². The quantitative estimate of drug-likeness (QED) is 0.549. The Bertz CT molecular complexity index is 299. The number of hydrogen-bond donors (Lipinski definition) is 1. The van der Waals surface area contributed by atoms with E-state index in [1.54, 1.807) is 14.0 Å². The van der Waals surface area contributed by atoms with E-state index >= 15 is 0 Å². The van der Waals surface area contributed by atoms with Crippen LogP contribution < -0.4 is 0 Å². The van der Waals surface area contributed by atoms with Crippen LogP contribution in [0.15, 0.2) is 12.2 Å². The number of epoxide rings is 1. The number of methoxy groups -OCH3 is 2. The van der Waals surface area contributed by atoms with Crippen molar-refractivity contribution in [2.24, 2.45) is 0 Å². The first-order chi connectivity index (χ1) is 7.52. The van der Waals surface area contributed by atoms with Gasteiger partial charge in [0.25, 0.3) is 0 Å². The van der Waals surface area contributed by atoms with Gasteiger partial charge in [0.1, 0.15) is 18.8 Å². The van der Waals surface area contributed by atoms with E-state index in [9.17, 15) is 5.11 Å². The van der Waals surface area contributed by atoms with Gasteiger partial charge >= 0.3 is 0 Å². The van der Waals surface area contributed by atoms with Crippen LogP contribution in [0.1, 0.15) is 6.92 Å². The fourth-order valence-electron chi connectivity index (χ4n) is 2.35. The summed E-state index contributed by atoms with van der Waals surface area (Å²) in [5.74, 6) is -0.992. The zero-order valence-corrected chi connectivity index (χ0v) is 9.86. The normalized spacial score (nSPS) is 47.0. The lowest BCUT2D eigenvalue weighted by Gasteiger charge is -2.46. The molecule has 5 nitrogen and oxygen atoms in total. The van der Waals surface area contributed by atoms with Crippen molar-refractivity contribution in [1.82, 2.24) is 0 Å². The lowest BCUT2D eigenvalue weighted by Crippen LogP contribution is -2.66. The number of aliphatic hydroxyl groups is 1. The Labute approximate surface area is 94.9 Å². The third kappa shape index (κ3) is 1.36. The first-order valence-electron chi connectivity index (χ1n) is 5.23. The molecular weight excluding hydrogens is 212 g/mol. The Morgan fingerprint density at radius 1 is 1.38 bits per heavy atom. The van der Waals surface area contributed by atoms with Crippen LogP contribution in [-0.4, -0.2) is 56.1 Å². The molecule has 92 valence electrons. The van der Waals surface area contributed by atoms with Crippen LogP contribution in [0.3, 0.4) is 0 Å². The van der Waals surface area contributed by atoms with Crippen molar-refractivity contribution >= 4 is 0 Å². The van der Waals surface area contributed by atoms with Crippen molar-refractivity contribution < 1.29 is 24.1 Å². The topological polar surface area (TPSA) is 60.5 Å². The average Bonchev–Trinajstić information content (AvgIpc) is 3.03. The lowest BCUT2D eigenvalue weighted by molar-refractivity contribution is -0.277. The molecule has 0 saturated carbocycles. The molecule has 2 aliphatic heterocycles. The second-order valence-corrected chi connectivity index (χ2v) is 4.33. The van der Waals surface area contributed by atoms with E-state index in [1.807, 2.05) is 0 Å². The van der Waals surface area contributed by atoms with E-state index in [1.165, 1.54) is 7.11 Å². The molecule has 0 aromatic rings. The highest BCUT2D eigenvalue weighted by atomic mass is 16.8. The van der Waals surface area contributed by atoms with E-state index in [-0.39, 0.29) is 6.10 Å². The number of rotatable bonds is 3. The molecule has 0 aromatic carbocycles. The van der Waals surface area contributed by atoms with Gasteiger partial charge in [0.2, 0.25) is 5.79 Å². The first-order valence-corrected chi connectivity index (χ1v) is 5.23. The highest BCUT2D eigenvalue weighted by Crippen LogP contribution is 2.49. The van der Waals surface area contributed by atoms with Crippen LogP contribution in [0.2, 0.25) is 0 Å². The molecule has 2 aliphatic rings. The predicted octanol–water partition coefficient (Wildman–Crippen LogP) is 0.0803. The minimum Gasteiger partial charge on any atom is -0.377 e. The molecule has 4 atom stereocenters. The maximum absolute atomic E-state index is 10.7. The van der Waals surface area contributed by atoms with Gasteiger partial charge in [-0.3, -0.25) is 0 Å². The first kappa shape index (κ1) is 12.0. The predicted molar refractivity (Wildman–Crippen MR) is 56.0 cm³/mol. The summed E-state index contributed by atoms with van der Waals surface area (Å²) in [6.45, 7) is 6.23. The summed E-state index contributed by atoms with van der Waals surface area (Å²) >= 11 is 0. The molecule has 2 saturated heterocycles. The van der Waals surface area contributed by atoms with E-state index in [4.69, 9.17) is 18.9 Å². The maximum Gasteiger partial charge on any atom is 0.228 e. The largest absolute Gasteiger partial charge is 0.377 e. The summed E-state index contributed by atoms with van der Waals surface area (Å²) in [6.07, 6.45) is -0.868. The van der Waals surface area contributed by atoms with Crippen LogP contribution in [0.4, 0.5) is 0 Å². The van der Waals surface area contributed by atoms with Gasteiger partial charge in [0.15, 0.2) is 5.60 Å². The van der Waals surface area contributed by atoms with Crippen molar-refractivity contribution in [1.29, 1.82) is 0 Å². The monoisotopic (exact) mass is 230 g/mol. The van der Waals surface area contributed by atoms with Gasteiger partial charge in [0, 0.05) is 14.2 Å². The zero-order chi connectivity index (χ0) is 12.0. The van der Waals surface area contributed by atoms with Gasteiger partial charge < -0.3 is 24.1 Å². The Balaban J connectivity index is 2.35. The average molecular weight is 230 g/mol. The molecule has 0 aliphatic carbocycles. The van der Waals surface area contributed by atoms with E-state index in [0.717, 1.165) is 0 Å². The molecule has 2 fully saturated rings. The van der Waals surface area contributed by atoms with Gasteiger partial charge in [-0.05, 0) is 12.5 Å². The molecule has 2 rings (SSSR count). The lowest BCUT2D eigenvalue weighted by atomic mass is 9.79. The fourth-order valence-corrected chi connectivity index (χ4v) is 2.35. The van der Waals surface area contributed by atoms with Crippen molar-refractivity contribution in [3.63, 3.8) is 0 Å². The van der Waals surface area contributed by atoms with Crippen LogP contribution in [0.5, 0.6) is 0 Å². The molecular formula is C11H18O5. The smallest absolute Gasteiger partial charge is 0.228 e. The molecule has 16 heavy (non-hydrogen) atoms. The number of ether oxygens (including phenoxy) is 4. The van der Waals surface area contributed by atoms with Gasteiger partial charge in [-0.1, -0.05) is 6.58 Å². The summed E-state index contributed by atoms with van der Waals surface area (Å²) in [7, 11) is 3.09. The maximum atomic E-state index is 10.7. The number of hydrogen-bond acceptors (Lipinski definition) is 5. The molecule has 2 heterocycles. The summed E-state index contributed by atoms with van der Waals surface area (Å²) in [6, 6.07) is 0. The summed E-state index contributed by atoms with van der Waals surface area (Å²) < 4.78 is 21.4. The Morgan fingerprint density at radius 2 is 2.00 bits per heavy atom. The fraction of sp³-hybridized carbons (Fsp3) is 0.818. The van der Waals surface area contributed by atoms with Gasteiger partial charge in [0.05, 0.1) is 6.61 Å². The molecule has 0 amide bonds. The molecule has 0 bridgehead atoms. The minimum atomic E-state index is -1.36. The summed E-state index contributed by atoms with van der Waals surface area (Å²) in [4.78, 5) is 0. The molecule has 0 radical (unpaired) electrons. The Hall–Kier alpha value is -0.460. The summed E-state index contributed by atoms with van der Waals surface area (Å²) in [5, 5.41) is 10.7. The molecule has 0 aromatic heterocycles. The highest BCUT2D eigenvalue weighted by molar-refractivity contribution is 5.26. The third-order valence-electron chi connectivity index (χ3n) is 3.42. The van der Waals surface area contributed by atoms with Crippen molar-refractivity contribution in [2.75, 3.05) is 27.4 Å². The van der Waals surface area contributed by atoms with Crippen LogP contribution in [-0.2, 0) is 18.9 Å². The van der Waals surface area contributed by atoms with E-state index in [2.05, 4.69) is 6.58 Å².